The number of rotatable bonds is 3. The number of nitrogens with zero attached hydrogens (tertiary/aromatic N) is 1. The number of nitrogens with one attached hydrogen (secondary N) is 1. The molecular formula is C13H15ClN2O3. The average molecular weight is 283 g/mol. The molecule has 0 radical (unpaired) electrons. The Morgan fingerprint density at radius 1 is 1.42 bits per heavy atom. The fourth-order valence-electron chi connectivity index (χ4n) is 2.04. The molecule has 1 fully saturated rings. The summed E-state index contributed by atoms with van der Waals surface area (Å²) >= 11 is 5.88. The Morgan fingerprint density at radius 2 is 2.16 bits per heavy atom. The zero-order valence-electron chi connectivity index (χ0n) is 10.3. The third kappa shape index (κ3) is 3.76. The second-order valence-electron chi connectivity index (χ2n) is 4.53. The number of likely N-dealkylation sites (tertiary alicyclic amines) is 1. The number of aliphatic hydroxyl groups excluding tert-OH is 1. The minimum atomic E-state index is -0.504. The molecule has 102 valence electrons. The molecule has 1 aromatic rings. The van der Waals surface area contributed by atoms with Gasteiger partial charge in [-0.15, -0.1) is 0 Å². The first-order chi connectivity index (χ1) is 9.06. The summed E-state index contributed by atoms with van der Waals surface area (Å²) in [6.45, 7) is 1.23. The highest BCUT2D eigenvalue weighted by molar-refractivity contribution is 6.34. The Balaban J connectivity index is 1.89. The molecule has 6 heteroatoms. The summed E-state index contributed by atoms with van der Waals surface area (Å²) in [5.74, 6) is -0.894. The van der Waals surface area contributed by atoms with Gasteiger partial charge in [-0.05, 0) is 18.6 Å². The topological polar surface area (TPSA) is 69.6 Å². The Morgan fingerprint density at radius 3 is 2.79 bits per heavy atom. The molecule has 1 aliphatic heterocycles. The van der Waals surface area contributed by atoms with E-state index in [9.17, 15) is 14.7 Å². The molecule has 2 rings (SSSR count). The number of amides is 2. The molecule has 1 aromatic carbocycles. The summed E-state index contributed by atoms with van der Waals surface area (Å²) < 4.78 is 0. The van der Waals surface area contributed by atoms with Crippen LogP contribution in [0.3, 0.4) is 0 Å². The van der Waals surface area contributed by atoms with Gasteiger partial charge in [0.2, 0.25) is 5.91 Å². The van der Waals surface area contributed by atoms with Gasteiger partial charge in [0, 0.05) is 13.1 Å². The van der Waals surface area contributed by atoms with Crippen LogP contribution in [0.15, 0.2) is 24.3 Å². The fraction of sp³-hybridized carbons (Fsp3) is 0.385. The van der Waals surface area contributed by atoms with Crippen LogP contribution in [0.4, 0.5) is 0 Å². The van der Waals surface area contributed by atoms with E-state index in [0.29, 0.717) is 24.5 Å². The number of halogens is 1. The molecule has 0 saturated carbocycles. The molecule has 1 atom stereocenters. The van der Waals surface area contributed by atoms with Gasteiger partial charge in [-0.2, -0.15) is 0 Å². The van der Waals surface area contributed by atoms with Crippen molar-refractivity contribution in [2.45, 2.75) is 12.5 Å². The summed E-state index contributed by atoms with van der Waals surface area (Å²) in [7, 11) is 0. The SMILES string of the molecule is O=C(CN1CCC(O)C1)NC(=O)c1ccccc1Cl. The number of benzene rings is 1. The Kier molecular flexibility index (Phi) is 4.52. The number of β-amino-alcohol motifs (C(OH)–C–C–N with tert-alkyl or cyclic N) is 1. The molecule has 1 heterocycles. The first kappa shape index (κ1) is 14.0. The van der Waals surface area contributed by atoms with Crippen LogP contribution < -0.4 is 5.32 Å². The average Bonchev–Trinajstić information content (AvgIpc) is 2.74. The highest BCUT2D eigenvalue weighted by atomic mass is 35.5. The molecule has 1 aliphatic rings. The monoisotopic (exact) mass is 282 g/mol. The van der Waals surface area contributed by atoms with Gasteiger partial charge in [0.25, 0.3) is 5.91 Å². The summed E-state index contributed by atoms with van der Waals surface area (Å²) in [6.07, 6.45) is 0.276. The van der Waals surface area contributed by atoms with Gasteiger partial charge < -0.3 is 5.11 Å². The Hall–Kier alpha value is -1.43. The van der Waals surface area contributed by atoms with E-state index in [-0.39, 0.29) is 24.1 Å². The van der Waals surface area contributed by atoms with Crippen LogP contribution in [0.5, 0.6) is 0 Å². The van der Waals surface area contributed by atoms with Crippen molar-refractivity contribution >= 4 is 23.4 Å². The van der Waals surface area contributed by atoms with Crippen molar-refractivity contribution in [3.05, 3.63) is 34.9 Å². The third-order valence-corrected chi connectivity index (χ3v) is 3.32. The number of carbonyl (C=O) groups excluding carboxylic acids is 2. The van der Waals surface area contributed by atoms with Gasteiger partial charge >= 0.3 is 0 Å². The second kappa shape index (κ2) is 6.14. The lowest BCUT2D eigenvalue weighted by Gasteiger charge is -2.14. The lowest BCUT2D eigenvalue weighted by molar-refractivity contribution is -0.121. The van der Waals surface area contributed by atoms with Crippen LogP contribution in [0.1, 0.15) is 16.8 Å². The highest BCUT2D eigenvalue weighted by Gasteiger charge is 2.23. The summed E-state index contributed by atoms with van der Waals surface area (Å²) in [5.41, 5.74) is 0.277. The molecule has 0 aliphatic carbocycles. The van der Waals surface area contributed by atoms with Gasteiger partial charge in [0.05, 0.1) is 23.2 Å². The zero-order valence-corrected chi connectivity index (χ0v) is 11.1. The van der Waals surface area contributed by atoms with Crippen molar-refractivity contribution in [2.75, 3.05) is 19.6 Å². The maximum Gasteiger partial charge on any atom is 0.259 e. The minimum absolute atomic E-state index is 0.104. The molecule has 2 amide bonds. The molecule has 0 spiro atoms. The van der Waals surface area contributed by atoms with Crippen molar-refractivity contribution in [1.82, 2.24) is 10.2 Å². The van der Waals surface area contributed by atoms with E-state index < -0.39 is 5.91 Å². The lowest BCUT2D eigenvalue weighted by Crippen LogP contribution is -2.39. The van der Waals surface area contributed by atoms with E-state index in [2.05, 4.69) is 5.32 Å². The van der Waals surface area contributed by atoms with Gasteiger partial charge in [0.1, 0.15) is 0 Å². The van der Waals surface area contributed by atoms with Gasteiger partial charge in [-0.1, -0.05) is 23.7 Å². The molecular weight excluding hydrogens is 268 g/mol. The Bertz CT molecular complexity index is 493. The maximum absolute atomic E-state index is 11.8. The van der Waals surface area contributed by atoms with Crippen LogP contribution in [-0.2, 0) is 4.79 Å². The Labute approximate surface area is 116 Å². The lowest BCUT2D eigenvalue weighted by atomic mass is 10.2. The molecule has 1 saturated heterocycles. The normalized spacial score (nSPS) is 19.4. The minimum Gasteiger partial charge on any atom is -0.392 e. The first-order valence-corrected chi connectivity index (χ1v) is 6.43. The van der Waals surface area contributed by atoms with Gasteiger partial charge in [-0.3, -0.25) is 19.8 Å². The number of aliphatic hydroxyl groups is 1. The number of imide groups is 1. The summed E-state index contributed by atoms with van der Waals surface area (Å²) in [5, 5.41) is 12.0. The molecule has 2 N–H and O–H groups in total. The molecule has 19 heavy (non-hydrogen) atoms. The predicted octanol–water partition coefficient (Wildman–Crippen LogP) is 0.663. The number of carbonyl (C=O) groups is 2. The van der Waals surface area contributed by atoms with Crippen molar-refractivity contribution in [3.63, 3.8) is 0 Å². The van der Waals surface area contributed by atoms with E-state index in [0.717, 1.165) is 0 Å². The van der Waals surface area contributed by atoms with Crippen LogP contribution >= 0.6 is 11.6 Å². The quantitative estimate of drug-likeness (QED) is 0.855. The highest BCUT2D eigenvalue weighted by Crippen LogP contribution is 2.14. The van der Waals surface area contributed by atoms with E-state index in [1.165, 1.54) is 0 Å². The van der Waals surface area contributed by atoms with Crippen LogP contribution in [0.25, 0.3) is 0 Å². The number of hydrogen-bond acceptors (Lipinski definition) is 4. The van der Waals surface area contributed by atoms with Crippen LogP contribution in [-0.4, -0.2) is 47.6 Å². The van der Waals surface area contributed by atoms with E-state index >= 15 is 0 Å². The molecule has 0 bridgehead atoms. The first-order valence-electron chi connectivity index (χ1n) is 6.05. The van der Waals surface area contributed by atoms with Crippen molar-refractivity contribution in [3.8, 4) is 0 Å². The standard InChI is InChI=1S/C13H15ClN2O3/c14-11-4-2-1-3-10(11)13(19)15-12(18)8-16-6-5-9(17)7-16/h1-4,9,17H,5-8H2,(H,15,18,19). The second-order valence-corrected chi connectivity index (χ2v) is 4.94. The van der Waals surface area contributed by atoms with Crippen LogP contribution in [0, 0.1) is 0 Å². The van der Waals surface area contributed by atoms with Gasteiger partial charge in [-0.25, -0.2) is 0 Å². The predicted molar refractivity (Wildman–Crippen MR) is 71.0 cm³/mol. The van der Waals surface area contributed by atoms with Gasteiger partial charge in [0.15, 0.2) is 0 Å². The van der Waals surface area contributed by atoms with Crippen molar-refractivity contribution < 1.29 is 14.7 Å². The molecule has 5 nitrogen and oxygen atoms in total. The smallest absolute Gasteiger partial charge is 0.259 e. The summed E-state index contributed by atoms with van der Waals surface area (Å²) in [4.78, 5) is 25.3. The van der Waals surface area contributed by atoms with Crippen LogP contribution in [0.2, 0.25) is 5.02 Å². The van der Waals surface area contributed by atoms with E-state index in [4.69, 9.17) is 11.6 Å². The van der Waals surface area contributed by atoms with E-state index in [1.54, 1.807) is 29.2 Å². The van der Waals surface area contributed by atoms with E-state index in [1.807, 2.05) is 0 Å². The van der Waals surface area contributed by atoms with Crippen molar-refractivity contribution in [1.29, 1.82) is 0 Å². The maximum atomic E-state index is 11.8. The third-order valence-electron chi connectivity index (χ3n) is 2.99. The molecule has 0 aromatic heterocycles. The number of hydrogen-bond donors (Lipinski definition) is 2. The fourth-order valence-corrected chi connectivity index (χ4v) is 2.26. The largest absolute Gasteiger partial charge is 0.392 e. The molecule has 1 unspecified atom stereocenters. The zero-order chi connectivity index (χ0) is 13.8. The summed E-state index contributed by atoms with van der Waals surface area (Å²) in [6, 6.07) is 6.55. The van der Waals surface area contributed by atoms with Crippen molar-refractivity contribution in [2.24, 2.45) is 0 Å².